The largest absolute Gasteiger partial charge is 0.497 e. The van der Waals surface area contributed by atoms with Gasteiger partial charge in [-0.2, -0.15) is 4.31 Å². The zero-order valence-corrected chi connectivity index (χ0v) is 18.8. The summed E-state index contributed by atoms with van der Waals surface area (Å²) in [6, 6.07) is 14.9. The second-order valence-corrected chi connectivity index (χ2v) is 9.83. The number of nitrogens with one attached hydrogen (secondary N) is 1. The first-order valence-electron chi connectivity index (χ1n) is 10.4. The minimum atomic E-state index is -3.54. The second-order valence-electron chi connectivity index (χ2n) is 7.89. The van der Waals surface area contributed by atoms with Crippen molar-refractivity contribution in [3.8, 4) is 17.1 Å². The van der Waals surface area contributed by atoms with Gasteiger partial charge in [0.1, 0.15) is 5.75 Å². The number of methoxy groups -OCH3 is 1. The van der Waals surface area contributed by atoms with Crippen molar-refractivity contribution in [1.82, 2.24) is 9.46 Å². The van der Waals surface area contributed by atoms with Crippen LogP contribution in [0.25, 0.3) is 11.3 Å². The molecule has 1 saturated heterocycles. The number of sulfonamides is 1. The maximum absolute atomic E-state index is 12.9. The van der Waals surface area contributed by atoms with Gasteiger partial charge in [-0.05, 0) is 67.3 Å². The molecule has 0 saturated carbocycles. The maximum atomic E-state index is 12.9. The van der Waals surface area contributed by atoms with E-state index in [9.17, 15) is 13.2 Å². The van der Waals surface area contributed by atoms with E-state index in [1.807, 2.05) is 12.1 Å². The molecule has 0 spiro atoms. The van der Waals surface area contributed by atoms with Crippen molar-refractivity contribution in [2.45, 2.75) is 24.7 Å². The zero-order valence-electron chi connectivity index (χ0n) is 17.9. The van der Waals surface area contributed by atoms with Gasteiger partial charge in [0.2, 0.25) is 10.0 Å². The zero-order chi connectivity index (χ0) is 22.7. The molecule has 1 atom stereocenters. The smallest absolute Gasteiger partial charge is 0.277 e. The standard InChI is InChI=1S/C23H25N3O5S/c1-16-4-3-13-26(15-16)32(28,29)20-11-7-18(8-12-20)24-23(27)21-14-22(31-25-21)17-5-9-19(30-2)10-6-17/h5-12,14,16H,3-4,13,15H2,1-2H3,(H,24,27)/t16-/m1/s1. The Labute approximate surface area is 187 Å². The first-order chi connectivity index (χ1) is 15.4. The van der Waals surface area contributed by atoms with E-state index in [2.05, 4.69) is 17.4 Å². The van der Waals surface area contributed by atoms with Crippen LogP contribution in [0.4, 0.5) is 5.69 Å². The van der Waals surface area contributed by atoms with Gasteiger partial charge in [-0.1, -0.05) is 12.1 Å². The summed E-state index contributed by atoms with van der Waals surface area (Å²) in [5.41, 5.74) is 1.35. The molecule has 1 aromatic heterocycles. The number of carbonyl (C=O) groups is 1. The molecule has 2 aromatic carbocycles. The Kier molecular flexibility index (Phi) is 6.29. The third-order valence-corrected chi connectivity index (χ3v) is 7.37. The summed E-state index contributed by atoms with van der Waals surface area (Å²) < 4.78 is 37.7. The first-order valence-corrected chi connectivity index (χ1v) is 11.8. The Morgan fingerprint density at radius 3 is 2.53 bits per heavy atom. The van der Waals surface area contributed by atoms with Gasteiger partial charge in [0, 0.05) is 30.4 Å². The molecule has 3 aromatic rings. The van der Waals surface area contributed by atoms with Crippen molar-refractivity contribution in [3.63, 3.8) is 0 Å². The predicted octanol–water partition coefficient (Wildman–Crippen LogP) is 4.02. The van der Waals surface area contributed by atoms with Crippen LogP contribution in [0.15, 0.2) is 64.0 Å². The molecule has 9 heteroatoms. The third-order valence-electron chi connectivity index (χ3n) is 5.49. The van der Waals surface area contributed by atoms with Crippen LogP contribution in [-0.4, -0.2) is 44.0 Å². The predicted molar refractivity (Wildman–Crippen MR) is 120 cm³/mol. The number of hydrogen-bond donors (Lipinski definition) is 1. The molecule has 0 aliphatic carbocycles. The third kappa shape index (κ3) is 4.68. The van der Waals surface area contributed by atoms with Gasteiger partial charge in [0.15, 0.2) is 11.5 Å². The molecular weight excluding hydrogens is 430 g/mol. The quantitative estimate of drug-likeness (QED) is 0.602. The van der Waals surface area contributed by atoms with Crippen molar-refractivity contribution >= 4 is 21.6 Å². The molecule has 4 rings (SSSR count). The first kappa shape index (κ1) is 22.0. The Balaban J connectivity index is 1.43. The number of rotatable bonds is 6. The fourth-order valence-electron chi connectivity index (χ4n) is 3.69. The van der Waals surface area contributed by atoms with Gasteiger partial charge in [-0.3, -0.25) is 4.79 Å². The molecule has 2 heterocycles. The Morgan fingerprint density at radius 2 is 1.88 bits per heavy atom. The molecular formula is C23H25N3O5S. The highest BCUT2D eigenvalue weighted by atomic mass is 32.2. The van der Waals surface area contributed by atoms with Crippen LogP contribution in [0.2, 0.25) is 0 Å². The minimum Gasteiger partial charge on any atom is -0.497 e. The van der Waals surface area contributed by atoms with Gasteiger partial charge >= 0.3 is 0 Å². The molecule has 1 fully saturated rings. The highest BCUT2D eigenvalue weighted by Gasteiger charge is 2.28. The molecule has 1 aliphatic rings. The number of anilines is 1. The lowest BCUT2D eigenvalue weighted by molar-refractivity contribution is 0.101. The van der Waals surface area contributed by atoms with Gasteiger partial charge in [0.25, 0.3) is 5.91 Å². The SMILES string of the molecule is COc1ccc(-c2cc(C(=O)Nc3ccc(S(=O)(=O)N4CCC[C@@H](C)C4)cc3)no2)cc1. The Bertz CT molecular complexity index is 1190. The molecule has 0 radical (unpaired) electrons. The number of hydrogen-bond acceptors (Lipinski definition) is 6. The number of carbonyl (C=O) groups excluding carboxylic acids is 1. The summed E-state index contributed by atoms with van der Waals surface area (Å²) in [5, 5.41) is 6.55. The molecule has 168 valence electrons. The molecule has 0 bridgehead atoms. The molecule has 1 aliphatic heterocycles. The maximum Gasteiger partial charge on any atom is 0.277 e. The number of aromatic nitrogens is 1. The molecule has 8 nitrogen and oxygen atoms in total. The van der Waals surface area contributed by atoms with Crippen LogP contribution in [0.1, 0.15) is 30.3 Å². The fraction of sp³-hybridized carbons (Fsp3) is 0.304. The van der Waals surface area contributed by atoms with E-state index < -0.39 is 15.9 Å². The van der Waals surface area contributed by atoms with Crippen LogP contribution in [0.3, 0.4) is 0 Å². The fourth-order valence-corrected chi connectivity index (χ4v) is 5.29. The van der Waals surface area contributed by atoms with E-state index in [1.54, 1.807) is 37.4 Å². The van der Waals surface area contributed by atoms with E-state index in [0.29, 0.717) is 36.2 Å². The average Bonchev–Trinajstić information content (AvgIpc) is 3.30. The monoisotopic (exact) mass is 455 g/mol. The van der Waals surface area contributed by atoms with Gasteiger partial charge in [-0.15, -0.1) is 0 Å². The Morgan fingerprint density at radius 1 is 1.16 bits per heavy atom. The second kappa shape index (κ2) is 9.13. The summed E-state index contributed by atoms with van der Waals surface area (Å²) in [5.74, 6) is 1.07. The molecule has 0 unspecified atom stereocenters. The van der Waals surface area contributed by atoms with E-state index in [4.69, 9.17) is 9.26 Å². The van der Waals surface area contributed by atoms with Crippen LogP contribution in [0.5, 0.6) is 5.75 Å². The van der Waals surface area contributed by atoms with Crippen LogP contribution < -0.4 is 10.1 Å². The molecule has 1 amide bonds. The molecule has 32 heavy (non-hydrogen) atoms. The summed E-state index contributed by atoms with van der Waals surface area (Å²) in [4.78, 5) is 12.8. The van der Waals surface area contributed by atoms with Crippen molar-refractivity contribution in [2.75, 3.05) is 25.5 Å². The Hall–Kier alpha value is -3.17. The number of nitrogens with zero attached hydrogens (tertiary/aromatic N) is 2. The average molecular weight is 456 g/mol. The van der Waals surface area contributed by atoms with E-state index >= 15 is 0 Å². The van der Waals surface area contributed by atoms with E-state index in [1.165, 1.54) is 16.4 Å². The van der Waals surface area contributed by atoms with Crippen molar-refractivity contribution in [1.29, 1.82) is 0 Å². The highest BCUT2D eigenvalue weighted by molar-refractivity contribution is 7.89. The summed E-state index contributed by atoms with van der Waals surface area (Å²) >= 11 is 0. The normalized spacial score (nSPS) is 17.1. The lowest BCUT2D eigenvalue weighted by Gasteiger charge is -2.30. The highest BCUT2D eigenvalue weighted by Crippen LogP contribution is 2.25. The summed E-state index contributed by atoms with van der Waals surface area (Å²) in [6.45, 7) is 3.13. The number of ether oxygens (including phenoxy) is 1. The van der Waals surface area contributed by atoms with Gasteiger partial charge < -0.3 is 14.6 Å². The minimum absolute atomic E-state index is 0.120. The lowest BCUT2D eigenvalue weighted by atomic mass is 10.0. The molecule has 1 N–H and O–H groups in total. The van der Waals surface area contributed by atoms with E-state index in [0.717, 1.165) is 18.4 Å². The lowest BCUT2D eigenvalue weighted by Crippen LogP contribution is -2.39. The van der Waals surface area contributed by atoms with Crippen LogP contribution >= 0.6 is 0 Å². The van der Waals surface area contributed by atoms with Gasteiger partial charge in [0.05, 0.1) is 12.0 Å². The van der Waals surface area contributed by atoms with Crippen molar-refractivity contribution in [3.05, 3.63) is 60.3 Å². The topological polar surface area (TPSA) is 102 Å². The van der Waals surface area contributed by atoms with Gasteiger partial charge in [-0.25, -0.2) is 8.42 Å². The van der Waals surface area contributed by atoms with Crippen molar-refractivity contribution < 1.29 is 22.5 Å². The van der Waals surface area contributed by atoms with Crippen LogP contribution in [0, 0.1) is 5.92 Å². The number of benzene rings is 2. The van der Waals surface area contributed by atoms with Crippen LogP contribution in [-0.2, 0) is 10.0 Å². The summed E-state index contributed by atoms with van der Waals surface area (Å²) in [6.07, 6.45) is 1.91. The van der Waals surface area contributed by atoms with E-state index in [-0.39, 0.29) is 10.6 Å². The summed E-state index contributed by atoms with van der Waals surface area (Å²) in [7, 11) is -1.96. The number of amides is 1. The number of piperidine rings is 1. The van der Waals surface area contributed by atoms with Crippen molar-refractivity contribution in [2.24, 2.45) is 5.92 Å².